The molecule has 60 valence electrons. The lowest BCUT2D eigenvalue weighted by Crippen LogP contribution is -2.05. The van der Waals surface area contributed by atoms with E-state index in [0.29, 0.717) is 5.57 Å². The van der Waals surface area contributed by atoms with Gasteiger partial charge in [0.2, 0.25) is 5.91 Å². The van der Waals surface area contributed by atoms with Gasteiger partial charge in [0.05, 0.1) is 0 Å². The summed E-state index contributed by atoms with van der Waals surface area (Å²) in [7, 11) is 0. The van der Waals surface area contributed by atoms with Crippen molar-refractivity contribution in [2.75, 3.05) is 0 Å². The Bertz CT molecular complexity index is 228. The second-order valence-corrected chi connectivity index (χ2v) is 1.96. The SMILES string of the molecule is CC(=C/C(=O)O)/C=C/C(N)=O. The Hall–Kier alpha value is -1.58. The van der Waals surface area contributed by atoms with Crippen LogP contribution in [0.2, 0.25) is 0 Å². The van der Waals surface area contributed by atoms with Gasteiger partial charge in [-0.1, -0.05) is 6.08 Å². The maximum absolute atomic E-state index is 10.2. The van der Waals surface area contributed by atoms with E-state index in [1.54, 1.807) is 6.92 Å². The fraction of sp³-hybridized carbons (Fsp3) is 0.143. The number of aliphatic carboxylic acids is 1. The first-order chi connectivity index (χ1) is 5.02. The van der Waals surface area contributed by atoms with Crippen LogP contribution >= 0.6 is 0 Å². The van der Waals surface area contributed by atoms with E-state index in [1.807, 2.05) is 0 Å². The molecule has 0 spiro atoms. The zero-order valence-corrected chi connectivity index (χ0v) is 6.07. The highest BCUT2D eigenvalue weighted by molar-refractivity contribution is 5.87. The molecule has 0 fully saturated rings. The number of allylic oxidation sites excluding steroid dienone is 2. The van der Waals surface area contributed by atoms with Crippen LogP contribution in [0.5, 0.6) is 0 Å². The summed E-state index contributed by atoms with van der Waals surface area (Å²) >= 11 is 0. The molecule has 0 aromatic carbocycles. The third-order valence-corrected chi connectivity index (χ3v) is 0.862. The molecule has 4 heteroatoms. The van der Waals surface area contributed by atoms with Crippen molar-refractivity contribution < 1.29 is 14.7 Å². The second-order valence-electron chi connectivity index (χ2n) is 1.96. The Kier molecular flexibility index (Phi) is 3.66. The molecule has 0 radical (unpaired) electrons. The fourth-order valence-corrected chi connectivity index (χ4v) is 0.456. The molecule has 4 nitrogen and oxygen atoms in total. The van der Waals surface area contributed by atoms with Crippen molar-refractivity contribution in [3.05, 3.63) is 23.8 Å². The molecule has 0 aromatic heterocycles. The predicted octanol–water partition coefficient (Wildman–Crippen LogP) is 0.0588. The maximum Gasteiger partial charge on any atom is 0.328 e. The molecular formula is C7H9NO3. The predicted molar refractivity (Wildman–Crippen MR) is 39.7 cm³/mol. The smallest absolute Gasteiger partial charge is 0.328 e. The summed E-state index contributed by atoms with van der Waals surface area (Å²) in [6.45, 7) is 1.56. The molecule has 0 saturated carbocycles. The normalized spacial score (nSPS) is 11.9. The van der Waals surface area contributed by atoms with Gasteiger partial charge in [-0.2, -0.15) is 0 Å². The van der Waals surface area contributed by atoms with E-state index in [4.69, 9.17) is 10.8 Å². The minimum absolute atomic E-state index is 0.469. The standard InChI is InChI=1S/C7H9NO3/c1-5(4-7(10)11)2-3-6(8)9/h2-4H,1H3,(H2,8,9)(H,10,11)/b3-2+,5-4-. The number of rotatable bonds is 3. The lowest BCUT2D eigenvalue weighted by atomic mass is 10.2. The lowest BCUT2D eigenvalue weighted by Gasteiger charge is -1.86. The number of carbonyl (C=O) groups is 2. The summed E-state index contributed by atoms with van der Waals surface area (Å²) in [6, 6.07) is 0. The van der Waals surface area contributed by atoms with Gasteiger partial charge in [-0.3, -0.25) is 4.79 Å². The highest BCUT2D eigenvalue weighted by Gasteiger charge is 1.89. The fourth-order valence-electron chi connectivity index (χ4n) is 0.456. The first-order valence-corrected chi connectivity index (χ1v) is 2.91. The van der Waals surface area contributed by atoms with Crippen LogP contribution in [0.3, 0.4) is 0 Å². The van der Waals surface area contributed by atoms with Gasteiger partial charge < -0.3 is 10.8 Å². The average molecular weight is 155 g/mol. The minimum atomic E-state index is -1.04. The number of hydrogen-bond acceptors (Lipinski definition) is 2. The summed E-state index contributed by atoms with van der Waals surface area (Å²) < 4.78 is 0. The number of carbonyl (C=O) groups excluding carboxylic acids is 1. The van der Waals surface area contributed by atoms with Crippen LogP contribution in [0.25, 0.3) is 0 Å². The van der Waals surface area contributed by atoms with Gasteiger partial charge in [-0.05, 0) is 12.5 Å². The quantitative estimate of drug-likeness (QED) is 0.446. The molecule has 11 heavy (non-hydrogen) atoms. The number of amides is 1. The Morgan fingerprint density at radius 1 is 1.36 bits per heavy atom. The zero-order chi connectivity index (χ0) is 8.85. The van der Waals surface area contributed by atoms with Gasteiger partial charge in [0.1, 0.15) is 0 Å². The Labute approximate surface area is 64.0 Å². The van der Waals surface area contributed by atoms with Crippen LogP contribution in [0.15, 0.2) is 23.8 Å². The van der Waals surface area contributed by atoms with Gasteiger partial charge in [0, 0.05) is 12.2 Å². The van der Waals surface area contributed by atoms with E-state index in [0.717, 1.165) is 12.2 Å². The molecule has 0 aliphatic heterocycles. The molecule has 3 N–H and O–H groups in total. The molecule has 0 saturated heterocycles. The van der Waals surface area contributed by atoms with Crippen LogP contribution in [0.4, 0.5) is 0 Å². The van der Waals surface area contributed by atoms with Crippen molar-refractivity contribution in [2.24, 2.45) is 5.73 Å². The lowest BCUT2D eigenvalue weighted by molar-refractivity contribution is -0.131. The summed E-state index contributed by atoms with van der Waals surface area (Å²) in [5.74, 6) is -1.64. The van der Waals surface area contributed by atoms with Gasteiger partial charge in [-0.25, -0.2) is 4.79 Å². The number of carboxylic acids is 1. The van der Waals surface area contributed by atoms with Crippen molar-refractivity contribution in [3.8, 4) is 0 Å². The molecule has 0 unspecified atom stereocenters. The molecule has 0 rings (SSSR count). The molecule has 0 heterocycles. The van der Waals surface area contributed by atoms with E-state index in [1.165, 1.54) is 6.08 Å². The number of nitrogens with two attached hydrogens (primary N) is 1. The second kappa shape index (κ2) is 4.27. The van der Waals surface area contributed by atoms with Gasteiger partial charge in [0.25, 0.3) is 0 Å². The van der Waals surface area contributed by atoms with E-state index in [9.17, 15) is 9.59 Å². The largest absolute Gasteiger partial charge is 0.478 e. The molecule has 0 atom stereocenters. The van der Waals surface area contributed by atoms with Crippen molar-refractivity contribution in [1.82, 2.24) is 0 Å². The number of hydrogen-bond donors (Lipinski definition) is 2. The highest BCUT2D eigenvalue weighted by atomic mass is 16.4. The summed E-state index contributed by atoms with van der Waals surface area (Å²) in [5.41, 5.74) is 5.24. The van der Waals surface area contributed by atoms with E-state index in [2.05, 4.69) is 0 Å². The van der Waals surface area contributed by atoms with E-state index in [-0.39, 0.29) is 0 Å². The Morgan fingerprint density at radius 3 is 2.27 bits per heavy atom. The van der Waals surface area contributed by atoms with E-state index < -0.39 is 11.9 Å². The molecule has 0 aliphatic carbocycles. The zero-order valence-electron chi connectivity index (χ0n) is 6.07. The van der Waals surface area contributed by atoms with Crippen LogP contribution in [0.1, 0.15) is 6.92 Å². The minimum Gasteiger partial charge on any atom is -0.478 e. The molecule has 1 amide bonds. The number of carboxylic acid groups (broad SMARTS) is 1. The first kappa shape index (κ1) is 9.42. The molecule has 0 aromatic rings. The topological polar surface area (TPSA) is 80.4 Å². The first-order valence-electron chi connectivity index (χ1n) is 2.91. The van der Waals surface area contributed by atoms with Crippen molar-refractivity contribution >= 4 is 11.9 Å². The Morgan fingerprint density at radius 2 is 1.91 bits per heavy atom. The summed E-state index contributed by atoms with van der Waals surface area (Å²) in [5, 5.41) is 8.22. The van der Waals surface area contributed by atoms with Crippen LogP contribution in [-0.2, 0) is 9.59 Å². The summed E-state index contributed by atoms with van der Waals surface area (Å²) in [6.07, 6.45) is 3.44. The van der Waals surface area contributed by atoms with Gasteiger partial charge in [0.15, 0.2) is 0 Å². The maximum atomic E-state index is 10.2. The summed E-state index contributed by atoms with van der Waals surface area (Å²) in [4.78, 5) is 20.2. The van der Waals surface area contributed by atoms with E-state index >= 15 is 0 Å². The molecule has 0 bridgehead atoms. The molecular weight excluding hydrogens is 146 g/mol. The van der Waals surface area contributed by atoms with Gasteiger partial charge in [-0.15, -0.1) is 0 Å². The van der Waals surface area contributed by atoms with Crippen molar-refractivity contribution in [3.63, 3.8) is 0 Å². The third kappa shape index (κ3) is 6.30. The van der Waals surface area contributed by atoms with Crippen molar-refractivity contribution in [2.45, 2.75) is 6.92 Å². The monoisotopic (exact) mass is 155 g/mol. The van der Waals surface area contributed by atoms with Crippen LogP contribution in [0, 0.1) is 0 Å². The van der Waals surface area contributed by atoms with Crippen LogP contribution in [-0.4, -0.2) is 17.0 Å². The number of primary amides is 1. The highest BCUT2D eigenvalue weighted by Crippen LogP contribution is 1.93. The average Bonchev–Trinajstić information content (AvgIpc) is 1.82. The Balaban J connectivity index is 4.17. The molecule has 0 aliphatic rings. The van der Waals surface area contributed by atoms with Crippen molar-refractivity contribution in [1.29, 1.82) is 0 Å². The third-order valence-electron chi connectivity index (χ3n) is 0.862. The van der Waals surface area contributed by atoms with Gasteiger partial charge >= 0.3 is 5.97 Å². The van der Waals surface area contributed by atoms with Crippen LogP contribution < -0.4 is 5.73 Å².